The van der Waals surface area contributed by atoms with E-state index in [4.69, 9.17) is 4.74 Å². The molecule has 0 atom stereocenters. The predicted molar refractivity (Wildman–Crippen MR) is 113 cm³/mol. The zero-order valence-electron chi connectivity index (χ0n) is 17.5. The molecule has 31 heavy (non-hydrogen) atoms. The van der Waals surface area contributed by atoms with Gasteiger partial charge in [-0.25, -0.2) is 4.79 Å². The maximum atomic E-state index is 12.7. The van der Waals surface area contributed by atoms with E-state index in [0.29, 0.717) is 5.56 Å². The number of rotatable bonds is 6. The molecule has 0 aliphatic carbocycles. The van der Waals surface area contributed by atoms with Crippen molar-refractivity contribution in [2.75, 3.05) is 32.6 Å². The van der Waals surface area contributed by atoms with Gasteiger partial charge in [0.1, 0.15) is 11.5 Å². The Morgan fingerprint density at radius 2 is 1.68 bits per heavy atom. The SMILES string of the molecule is CCOC(=O)c1c(NC(=O)CN2C(=O)c3ccccc3C2=O)sc(C(=O)N(C)C)c1C. The Morgan fingerprint density at radius 1 is 1.10 bits per heavy atom. The molecular formula is C21H21N3O6S. The summed E-state index contributed by atoms with van der Waals surface area (Å²) in [5.74, 6) is -2.80. The number of nitrogens with one attached hydrogen (secondary N) is 1. The van der Waals surface area contributed by atoms with Crippen molar-refractivity contribution in [2.24, 2.45) is 0 Å². The molecule has 0 unspecified atom stereocenters. The molecule has 0 spiro atoms. The molecule has 2 heterocycles. The third kappa shape index (κ3) is 4.06. The molecule has 1 aliphatic rings. The Balaban J connectivity index is 1.86. The number of imide groups is 1. The van der Waals surface area contributed by atoms with Gasteiger partial charge in [0, 0.05) is 14.1 Å². The van der Waals surface area contributed by atoms with Crippen molar-refractivity contribution in [1.82, 2.24) is 9.80 Å². The highest BCUT2D eigenvalue weighted by molar-refractivity contribution is 7.18. The highest BCUT2D eigenvalue weighted by Crippen LogP contribution is 2.34. The number of hydrogen-bond donors (Lipinski definition) is 1. The molecule has 0 fully saturated rings. The van der Waals surface area contributed by atoms with E-state index in [-0.39, 0.29) is 39.1 Å². The molecule has 2 aromatic rings. The largest absolute Gasteiger partial charge is 0.462 e. The van der Waals surface area contributed by atoms with Crippen molar-refractivity contribution >= 4 is 45.9 Å². The van der Waals surface area contributed by atoms with E-state index in [9.17, 15) is 24.0 Å². The molecule has 9 nitrogen and oxygen atoms in total. The third-order valence-electron chi connectivity index (χ3n) is 4.66. The molecule has 1 N–H and O–H groups in total. The zero-order valence-corrected chi connectivity index (χ0v) is 18.3. The lowest BCUT2D eigenvalue weighted by atomic mass is 10.1. The van der Waals surface area contributed by atoms with Crippen LogP contribution in [0.25, 0.3) is 0 Å². The summed E-state index contributed by atoms with van der Waals surface area (Å²) < 4.78 is 5.07. The van der Waals surface area contributed by atoms with Crippen molar-refractivity contribution in [3.8, 4) is 0 Å². The van der Waals surface area contributed by atoms with Gasteiger partial charge in [-0.15, -0.1) is 11.3 Å². The molecule has 10 heteroatoms. The number of amides is 4. The minimum atomic E-state index is -0.676. The van der Waals surface area contributed by atoms with E-state index in [1.165, 1.54) is 17.0 Å². The predicted octanol–water partition coefficient (Wildman–Crippen LogP) is 2.17. The van der Waals surface area contributed by atoms with Crippen LogP contribution >= 0.6 is 11.3 Å². The van der Waals surface area contributed by atoms with Gasteiger partial charge in [0.15, 0.2) is 0 Å². The van der Waals surface area contributed by atoms with E-state index in [1.54, 1.807) is 40.1 Å². The van der Waals surface area contributed by atoms with Crippen molar-refractivity contribution in [1.29, 1.82) is 0 Å². The van der Waals surface area contributed by atoms with Gasteiger partial charge in [-0.3, -0.25) is 24.1 Å². The van der Waals surface area contributed by atoms with Gasteiger partial charge in [0.05, 0.1) is 28.2 Å². The topological polar surface area (TPSA) is 113 Å². The summed E-state index contributed by atoms with van der Waals surface area (Å²) in [5.41, 5.74) is 0.933. The fourth-order valence-corrected chi connectivity index (χ4v) is 4.38. The van der Waals surface area contributed by atoms with E-state index in [1.807, 2.05) is 0 Å². The fourth-order valence-electron chi connectivity index (χ4n) is 3.15. The Hall–Kier alpha value is -3.53. The van der Waals surface area contributed by atoms with Crippen molar-refractivity contribution < 1.29 is 28.7 Å². The monoisotopic (exact) mass is 443 g/mol. The first-order chi connectivity index (χ1) is 14.7. The van der Waals surface area contributed by atoms with Gasteiger partial charge in [-0.2, -0.15) is 0 Å². The number of carbonyl (C=O) groups is 5. The Bertz CT molecular complexity index is 1070. The number of ether oxygens (including phenoxy) is 1. The fraction of sp³-hybridized carbons (Fsp3) is 0.286. The average Bonchev–Trinajstić information content (AvgIpc) is 3.17. The molecule has 1 aromatic heterocycles. The smallest absolute Gasteiger partial charge is 0.341 e. The highest BCUT2D eigenvalue weighted by Gasteiger charge is 2.36. The van der Waals surface area contributed by atoms with E-state index >= 15 is 0 Å². The van der Waals surface area contributed by atoms with Crippen LogP contribution in [0, 0.1) is 6.92 Å². The van der Waals surface area contributed by atoms with Crippen LogP contribution < -0.4 is 5.32 Å². The minimum Gasteiger partial charge on any atom is -0.462 e. The number of fused-ring (bicyclic) bond motifs is 1. The summed E-state index contributed by atoms with van der Waals surface area (Å²) in [7, 11) is 3.15. The standard InChI is InChI=1S/C21H21N3O6S/c1-5-30-21(29)15-11(2)16(20(28)23(3)4)31-17(15)22-14(25)10-24-18(26)12-8-6-7-9-13(12)19(24)27/h6-9H,5,10H2,1-4H3,(H,22,25). The normalized spacial score (nSPS) is 12.6. The van der Waals surface area contributed by atoms with Gasteiger partial charge in [-0.05, 0) is 31.5 Å². The molecule has 1 aliphatic heterocycles. The van der Waals surface area contributed by atoms with Crippen LogP contribution in [0.15, 0.2) is 24.3 Å². The molecule has 1 aromatic carbocycles. The van der Waals surface area contributed by atoms with E-state index in [2.05, 4.69) is 5.32 Å². The van der Waals surface area contributed by atoms with E-state index < -0.39 is 30.2 Å². The van der Waals surface area contributed by atoms with Crippen LogP contribution in [-0.2, 0) is 9.53 Å². The molecule has 0 bridgehead atoms. The summed E-state index contributed by atoms with van der Waals surface area (Å²) in [5, 5.41) is 2.69. The first-order valence-electron chi connectivity index (χ1n) is 9.44. The first kappa shape index (κ1) is 22.2. The van der Waals surface area contributed by atoms with Gasteiger partial charge >= 0.3 is 5.97 Å². The van der Waals surface area contributed by atoms with Crippen LogP contribution in [-0.4, -0.2) is 66.6 Å². The Morgan fingerprint density at radius 3 is 2.19 bits per heavy atom. The average molecular weight is 443 g/mol. The second-order valence-corrected chi connectivity index (χ2v) is 7.99. The van der Waals surface area contributed by atoms with Crippen molar-refractivity contribution in [3.63, 3.8) is 0 Å². The van der Waals surface area contributed by atoms with Crippen LogP contribution in [0.1, 0.15) is 53.2 Å². The quantitative estimate of drug-likeness (QED) is 0.541. The number of anilines is 1. The maximum Gasteiger partial charge on any atom is 0.341 e. The first-order valence-corrected chi connectivity index (χ1v) is 10.3. The van der Waals surface area contributed by atoms with Crippen LogP contribution in [0.5, 0.6) is 0 Å². The molecule has 162 valence electrons. The molecule has 0 saturated carbocycles. The van der Waals surface area contributed by atoms with Gasteiger partial charge < -0.3 is 15.0 Å². The molecular weight excluding hydrogens is 422 g/mol. The second-order valence-electron chi connectivity index (χ2n) is 6.97. The number of benzene rings is 1. The summed E-state index contributed by atoms with van der Waals surface area (Å²) in [6.45, 7) is 2.83. The molecule has 3 rings (SSSR count). The van der Waals surface area contributed by atoms with Crippen LogP contribution in [0.2, 0.25) is 0 Å². The van der Waals surface area contributed by atoms with Crippen molar-refractivity contribution in [3.05, 3.63) is 51.4 Å². The van der Waals surface area contributed by atoms with Crippen LogP contribution in [0.3, 0.4) is 0 Å². The number of hydrogen-bond acceptors (Lipinski definition) is 7. The Kier molecular flexibility index (Phi) is 6.21. The van der Waals surface area contributed by atoms with E-state index in [0.717, 1.165) is 16.2 Å². The number of carbonyl (C=O) groups excluding carboxylic acids is 5. The third-order valence-corrected chi connectivity index (χ3v) is 5.85. The highest BCUT2D eigenvalue weighted by atomic mass is 32.1. The summed E-state index contributed by atoms with van der Waals surface area (Å²) >= 11 is 0.940. The molecule has 0 saturated heterocycles. The molecule has 0 radical (unpaired) electrons. The zero-order chi connectivity index (χ0) is 22.9. The van der Waals surface area contributed by atoms with Gasteiger partial charge in [0.2, 0.25) is 5.91 Å². The summed E-state index contributed by atoms with van der Waals surface area (Å²) in [6, 6.07) is 6.32. The summed E-state index contributed by atoms with van der Waals surface area (Å²) in [6.07, 6.45) is 0. The van der Waals surface area contributed by atoms with Crippen LogP contribution in [0.4, 0.5) is 5.00 Å². The molecule has 4 amide bonds. The van der Waals surface area contributed by atoms with Gasteiger partial charge in [-0.1, -0.05) is 12.1 Å². The number of nitrogens with zero attached hydrogens (tertiary/aromatic N) is 2. The van der Waals surface area contributed by atoms with Crippen molar-refractivity contribution in [2.45, 2.75) is 13.8 Å². The lowest BCUT2D eigenvalue weighted by molar-refractivity contribution is -0.116. The lowest BCUT2D eigenvalue weighted by Crippen LogP contribution is -2.37. The number of thiophene rings is 1. The second kappa shape index (κ2) is 8.68. The maximum absolute atomic E-state index is 12.7. The van der Waals surface area contributed by atoms with Gasteiger partial charge in [0.25, 0.3) is 17.7 Å². The lowest BCUT2D eigenvalue weighted by Gasteiger charge is -2.13. The minimum absolute atomic E-state index is 0.0766. The Labute approximate surface area is 182 Å². The summed E-state index contributed by atoms with van der Waals surface area (Å²) in [4.78, 5) is 65.0. The number of esters is 1.